The second kappa shape index (κ2) is 50.5. The van der Waals surface area contributed by atoms with Crippen LogP contribution in [-0.4, -0.2) is 87.5 Å². The molecule has 1 amide bonds. The van der Waals surface area contributed by atoms with Crippen LogP contribution in [0.25, 0.3) is 0 Å². The van der Waals surface area contributed by atoms with Crippen LogP contribution in [-0.2, 0) is 14.3 Å². The predicted molar refractivity (Wildman–Crippen MR) is 291 cm³/mol. The van der Waals surface area contributed by atoms with Crippen LogP contribution in [0.15, 0.2) is 12.2 Å². The molecule has 0 saturated carbocycles. The first kappa shape index (κ1) is 65.9. The van der Waals surface area contributed by atoms with E-state index in [-0.39, 0.29) is 12.5 Å². The van der Waals surface area contributed by atoms with E-state index in [1.54, 1.807) is 6.08 Å². The van der Waals surface area contributed by atoms with Crippen LogP contribution in [0.5, 0.6) is 0 Å². The van der Waals surface area contributed by atoms with Crippen molar-refractivity contribution in [1.29, 1.82) is 0 Å². The SMILES string of the molecule is CCCCCC/C=C/C(O)C(COC1OC(CO)C(O)C(O)C1O)NC(=O)CCCCCCCCCCCCCCCCCCCCCCCCCCCCCCCCCCCCCCCCCC. The molecule has 1 rings (SSSR count). The number of allylic oxidation sites excluding steroid dienone is 1. The Kier molecular flexibility index (Phi) is 48.2. The molecule has 1 saturated heterocycles. The van der Waals surface area contributed by atoms with Gasteiger partial charge < -0.3 is 40.3 Å². The summed E-state index contributed by atoms with van der Waals surface area (Å²) in [5, 5.41) is 54.0. The van der Waals surface area contributed by atoms with Gasteiger partial charge in [-0.15, -0.1) is 0 Å². The second-order valence-electron chi connectivity index (χ2n) is 21.5. The number of hydrogen-bond donors (Lipinski definition) is 6. The van der Waals surface area contributed by atoms with Crippen LogP contribution in [0.4, 0.5) is 0 Å². The van der Waals surface area contributed by atoms with Crippen molar-refractivity contribution in [3.63, 3.8) is 0 Å². The molecule has 9 heteroatoms. The summed E-state index contributed by atoms with van der Waals surface area (Å²) in [6.45, 7) is 3.72. The highest BCUT2D eigenvalue weighted by molar-refractivity contribution is 5.76. The highest BCUT2D eigenvalue weighted by atomic mass is 16.7. The van der Waals surface area contributed by atoms with Gasteiger partial charge in [0.2, 0.25) is 5.91 Å². The van der Waals surface area contributed by atoms with E-state index < -0.39 is 49.5 Å². The molecule has 6 N–H and O–H groups in total. The summed E-state index contributed by atoms with van der Waals surface area (Å²) >= 11 is 0. The molecule has 0 spiro atoms. The Morgan fingerprint density at radius 3 is 1.13 bits per heavy atom. The fourth-order valence-corrected chi connectivity index (χ4v) is 10.0. The number of unbranched alkanes of at least 4 members (excludes halogenated alkanes) is 43. The minimum absolute atomic E-state index is 0.176. The molecule has 1 aliphatic rings. The summed E-state index contributed by atoms with van der Waals surface area (Å²) in [6, 6.07) is -0.797. The summed E-state index contributed by atoms with van der Waals surface area (Å²) in [7, 11) is 0. The van der Waals surface area contributed by atoms with Crippen molar-refractivity contribution in [3.8, 4) is 0 Å². The van der Waals surface area contributed by atoms with E-state index in [2.05, 4.69) is 19.2 Å². The third-order valence-corrected chi connectivity index (χ3v) is 14.9. The number of carbonyl (C=O) groups excluding carboxylic acids is 1. The third-order valence-electron chi connectivity index (χ3n) is 14.9. The maximum absolute atomic E-state index is 12.9. The molecule has 0 bridgehead atoms. The minimum Gasteiger partial charge on any atom is -0.394 e. The van der Waals surface area contributed by atoms with Crippen molar-refractivity contribution in [3.05, 3.63) is 12.2 Å². The average molecular weight is 981 g/mol. The van der Waals surface area contributed by atoms with Crippen molar-refractivity contribution in [2.24, 2.45) is 0 Å². The molecule has 410 valence electrons. The Morgan fingerprint density at radius 1 is 0.478 bits per heavy atom. The average Bonchev–Trinajstić information content (AvgIpc) is 3.35. The largest absolute Gasteiger partial charge is 0.394 e. The topological polar surface area (TPSA) is 149 Å². The molecule has 0 aromatic carbocycles. The van der Waals surface area contributed by atoms with Crippen LogP contribution < -0.4 is 5.32 Å². The van der Waals surface area contributed by atoms with Gasteiger partial charge >= 0.3 is 0 Å². The van der Waals surface area contributed by atoms with E-state index in [1.165, 1.54) is 244 Å². The summed E-state index contributed by atoms with van der Waals surface area (Å²) in [5.41, 5.74) is 0. The number of aliphatic hydroxyl groups excluding tert-OH is 5. The number of aliphatic hydroxyl groups is 5. The maximum atomic E-state index is 12.9. The fraction of sp³-hybridized carbons (Fsp3) is 0.950. The molecule has 0 aromatic rings. The molecule has 9 nitrogen and oxygen atoms in total. The predicted octanol–water partition coefficient (Wildman–Crippen LogP) is 15.2. The molecular weight excluding hydrogens is 863 g/mol. The van der Waals surface area contributed by atoms with Crippen molar-refractivity contribution in [2.75, 3.05) is 13.2 Å². The lowest BCUT2D eigenvalue weighted by Gasteiger charge is -2.40. The van der Waals surface area contributed by atoms with Crippen LogP contribution in [0.1, 0.15) is 309 Å². The Balaban J connectivity index is 1.91. The van der Waals surface area contributed by atoms with Gasteiger partial charge in [-0.1, -0.05) is 296 Å². The molecule has 1 fully saturated rings. The Bertz CT molecular complexity index is 1090. The van der Waals surface area contributed by atoms with Gasteiger partial charge in [-0.3, -0.25) is 4.79 Å². The number of nitrogens with one attached hydrogen (secondary N) is 1. The number of amides is 1. The summed E-state index contributed by atoms with van der Waals surface area (Å²) in [5.74, 6) is -0.176. The van der Waals surface area contributed by atoms with Gasteiger partial charge in [-0.25, -0.2) is 0 Å². The molecule has 1 heterocycles. The van der Waals surface area contributed by atoms with Crippen molar-refractivity contribution >= 4 is 5.91 Å². The quantitative estimate of drug-likeness (QED) is 0.0261. The van der Waals surface area contributed by atoms with Gasteiger partial charge in [0, 0.05) is 6.42 Å². The Morgan fingerprint density at radius 2 is 0.797 bits per heavy atom. The maximum Gasteiger partial charge on any atom is 0.220 e. The van der Waals surface area contributed by atoms with Gasteiger partial charge in [-0.05, 0) is 19.3 Å². The minimum atomic E-state index is -1.56. The molecule has 0 aliphatic carbocycles. The van der Waals surface area contributed by atoms with Gasteiger partial charge in [0.1, 0.15) is 24.4 Å². The fourth-order valence-electron chi connectivity index (χ4n) is 10.0. The molecule has 7 unspecified atom stereocenters. The van der Waals surface area contributed by atoms with E-state index in [4.69, 9.17) is 9.47 Å². The molecule has 7 atom stereocenters. The van der Waals surface area contributed by atoms with Crippen LogP contribution in [0.2, 0.25) is 0 Å². The zero-order chi connectivity index (χ0) is 50.1. The molecule has 69 heavy (non-hydrogen) atoms. The summed E-state index contributed by atoms with van der Waals surface area (Å²) in [6.07, 6.45) is 56.7. The molecule has 0 radical (unpaired) electrons. The van der Waals surface area contributed by atoms with Gasteiger partial charge in [0.15, 0.2) is 6.29 Å². The van der Waals surface area contributed by atoms with E-state index in [0.29, 0.717) is 6.42 Å². The summed E-state index contributed by atoms with van der Waals surface area (Å²) in [4.78, 5) is 12.9. The van der Waals surface area contributed by atoms with E-state index in [0.717, 1.165) is 44.9 Å². The Hall–Kier alpha value is -1.07. The zero-order valence-corrected chi connectivity index (χ0v) is 45.6. The standard InChI is InChI=1S/C60H117NO8/c1-3-5-7-9-11-12-13-14-15-16-17-18-19-20-21-22-23-24-25-26-27-28-29-30-31-32-33-34-35-36-37-38-39-40-41-42-43-44-46-48-50-56(64)61-53(54(63)49-47-45-10-8-6-4-2)52-68-60-59(67)58(66)57(65)55(51-62)69-60/h47,49,53-55,57-60,62-63,65-67H,3-46,48,50-52H2,1-2H3,(H,61,64)/b49-47+. The van der Waals surface area contributed by atoms with E-state index in [9.17, 15) is 30.3 Å². The highest BCUT2D eigenvalue weighted by Crippen LogP contribution is 2.23. The van der Waals surface area contributed by atoms with E-state index >= 15 is 0 Å². The van der Waals surface area contributed by atoms with Crippen LogP contribution in [0.3, 0.4) is 0 Å². The lowest BCUT2D eigenvalue weighted by molar-refractivity contribution is -0.302. The second-order valence-corrected chi connectivity index (χ2v) is 21.5. The first-order chi connectivity index (χ1) is 33.8. The number of hydrogen-bond acceptors (Lipinski definition) is 8. The van der Waals surface area contributed by atoms with E-state index in [1.807, 2.05) is 6.08 Å². The first-order valence-corrected chi connectivity index (χ1v) is 30.4. The summed E-state index contributed by atoms with van der Waals surface area (Å²) < 4.78 is 11.2. The number of rotatable bonds is 53. The third kappa shape index (κ3) is 40.1. The zero-order valence-electron chi connectivity index (χ0n) is 45.6. The van der Waals surface area contributed by atoms with Crippen molar-refractivity contribution in [2.45, 2.75) is 352 Å². The number of carbonyl (C=O) groups is 1. The molecule has 0 aromatic heterocycles. The monoisotopic (exact) mass is 980 g/mol. The lowest BCUT2D eigenvalue weighted by atomic mass is 9.99. The van der Waals surface area contributed by atoms with Crippen molar-refractivity contribution in [1.82, 2.24) is 5.32 Å². The van der Waals surface area contributed by atoms with Gasteiger partial charge in [0.05, 0.1) is 25.4 Å². The van der Waals surface area contributed by atoms with Gasteiger partial charge in [-0.2, -0.15) is 0 Å². The molecule has 1 aliphatic heterocycles. The van der Waals surface area contributed by atoms with Gasteiger partial charge in [0.25, 0.3) is 0 Å². The van der Waals surface area contributed by atoms with Crippen molar-refractivity contribution < 1.29 is 39.8 Å². The normalized spacial score (nSPS) is 19.4. The van der Waals surface area contributed by atoms with Crippen LogP contribution >= 0.6 is 0 Å². The lowest BCUT2D eigenvalue weighted by Crippen LogP contribution is -2.60. The van der Waals surface area contributed by atoms with Crippen LogP contribution in [0, 0.1) is 0 Å². The first-order valence-electron chi connectivity index (χ1n) is 30.4. The number of ether oxygens (including phenoxy) is 2. The molecular formula is C60H117NO8. The Labute approximate surface area is 426 Å². The smallest absolute Gasteiger partial charge is 0.220 e. The highest BCUT2D eigenvalue weighted by Gasteiger charge is 2.44.